The molecule has 0 heterocycles. The van der Waals surface area contributed by atoms with Crippen LogP contribution in [-0.4, -0.2) is 15.3 Å². The highest BCUT2D eigenvalue weighted by atomic mass is 16.5. The zero-order chi connectivity index (χ0) is 12.4. The van der Waals surface area contributed by atoms with Gasteiger partial charge in [0.25, 0.3) is 0 Å². The first-order valence-corrected chi connectivity index (χ1v) is 6.29. The summed E-state index contributed by atoms with van der Waals surface area (Å²) in [4.78, 5) is 0. The molecule has 0 spiro atoms. The van der Waals surface area contributed by atoms with Crippen LogP contribution in [-0.2, 0) is 0 Å². The van der Waals surface area contributed by atoms with Crippen LogP contribution in [0.15, 0.2) is 12.1 Å². The molecule has 3 heteroatoms. The molecule has 3 nitrogen and oxygen atoms in total. The molecule has 17 heavy (non-hydrogen) atoms. The fourth-order valence-electron chi connectivity index (χ4n) is 2.75. The van der Waals surface area contributed by atoms with E-state index in [0.29, 0.717) is 17.2 Å². The van der Waals surface area contributed by atoms with Crippen molar-refractivity contribution < 1.29 is 15.3 Å². The number of aliphatic hydroxyl groups excluding tert-OH is 1. The van der Waals surface area contributed by atoms with E-state index in [2.05, 4.69) is 0 Å². The summed E-state index contributed by atoms with van der Waals surface area (Å²) < 4.78 is 0. The lowest BCUT2D eigenvalue weighted by Crippen LogP contribution is -2.07. The van der Waals surface area contributed by atoms with Crippen molar-refractivity contribution in [3.05, 3.63) is 28.8 Å². The van der Waals surface area contributed by atoms with Crippen LogP contribution in [0.2, 0.25) is 0 Å². The molecule has 0 bridgehead atoms. The van der Waals surface area contributed by atoms with Crippen molar-refractivity contribution in [1.29, 1.82) is 0 Å². The number of aromatic hydroxyl groups is 1. The molecule has 1 saturated carbocycles. The van der Waals surface area contributed by atoms with Crippen molar-refractivity contribution in [3.8, 4) is 5.75 Å². The molecule has 0 atom stereocenters. The van der Waals surface area contributed by atoms with Crippen LogP contribution in [0.25, 0.3) is 0 Å². The van der Waals surface area contributed by atoms with Crippen LogP contribution in [0.1, 0.15) is 61.0 Å². The van der Waals surface area contributed by atoms with Gasteiger partial charge in [-0.05, 0) is 48.9 Å². The van der Waals surface area contributed by atoms with Gasteiger partial charge in [-0.2, -0.15) is 0 Å². The smallest absolute Gasteiger partial charge is 0.178 e. The zero-order valence-corrected chi connectivity index (χ0v) is 10.2. The van der Waals surface area contributed by atoms with E-state index in [-0.39, 0.29) is 0 Å². The van der Waals surface area contributed by atoms with Crippen LogP contribution in [0.4, 0.5) is 0 Å². The monoisotopic (exact) mass is 236 g/mol. The third-order valence-corrected chi connectivity index (χ3v) is 3.74. The van der Waals surface area contributed by atoms with Gasteiger partial charge in [0.05, 0.1) is 0 Å². The summed E-state index contributed by atoms with van der Waals surface area (Å²) in [6, 6.07) is 3.39. The van der Waals surface area contributed by atoms with E-state index in [4.69, 9.17) is 0 Å². The largest absolute Gasteiger partial charge is 0.508 e. The molecule has 0 amide bonds. The highest BCUT2D eigenvalue weighted by Gasteiger charge is 2.21. The van der Waals surface area contributed by atoms with Gasteiger partial charge in [0.1, 0.15) is 5.75 Å². The second-order valence-corrected chi connectivity index (χ2v) is 4.98. The Morgan fingerprint density at radius 3 is 2.35 bits per heavy atom. The van der Waals surface area contributed by atoms with Gasteiger partial charge in [-0.1, -0.05) is 19.3 Å². The van der Waals surface area contributed by atoms with Crippen molar-refractivity contribution in [2.45, 2.75) is 51.2 Å². The molecule has 0 saturated heterocycles. The summed E-state index contributed by atoms with van der Waals surface area (Å²) in [5.41, 5.74) is 2.10. The number of rotatable bonds is 2. The molecule has 1 aliphatic carbocycles. The van der Waals surface area contributed by atoms with Crippen LogP contribution in [0.5, 0.6) is 5.75 Å². The fourth-order valence-corrected chi connectivity index (χ4v) is 2.75. The highest BCUT2D eigenvalue weighted by molar-refractivity contribution is 5.43. The lowest BCUT2D eigenvalue weighted by Gasteiger charge is -2.24. The summed E-state index contributed by atoms with van der Waals surface area (Å²) in [6.45, 7) is 1.78. The van der Waals surface area contributed by atoms with Gasteiger partial charge in [0.15, 0.2) is 6.29 Å². The number of phenolic OH excluding ortho intramolecular Hbond substituents is 1. The van der Waals surface area contributed by atoms with E-state index >= 15 is 0 Å². The molecule has 0 unspecified atom stereocenters. The van der Waals surface area contributed by atoms with Gasteiger partial charge in [-0.3, -0.25) is 0 Å². The fraction of sp³-hybridized carbons (Fsp3) is 0.571. The molecule has 0 aromatic heterocycles. The van der Waals surface area contributed by atoms with E-state index in [0.717, 1.165) is 24.0 Å². The van der Waals surface area contributed by atoms with Crippen LogP contribution in [0, 0.1) is 6.92 Å². The Morgan fingerprint density at radius 2 is 1.76 bits per heavy atom. The number of benzene rings is 1. The van der Waals surface area contributed by atoms with Crippen molar-refractivity contribution in [1.82, 2.24) is 0 Å². The summed E-state index contributed by atoms with van der Waals surface area (Å²) in [6.07, 6.45) is 4.34. The maximum absolute atomic E-state index is 9.99. The van der Waals surface area contributed by atoms with Crippen molar-refractivity contribution >= 4 is 0 Å². The Morgan fingerprint density at radius 1 is 1.12 bits per heavy atom. The molecule has 0 aliphatic heterocycles. The molecule has 94 valence electrons. The zero-order valence-electron chi connectivity index (χ0n) is 10.2. The normalized spacial score (nSPS) is 17.6. The molecule has 1 aromatic carbocycles. The molecule has 0 radical (unpaired) electrons. The summed E-state index contributed by atoms with van der Waals surface area (Å²) in [5.74, 6) is 0.653. The standard InChI is InChI=1S/C14H20O3/c1-9-7-13(15)12(8-11(9)14(16)17)10-5-3-2-4-6-10/h7-8,10,14-17H,2-6H2,1H3. The van der Waals surface area contributed by atoms with Crippen LogP contribution < -0.4 is 0 Å². The van der Waals surface area contributed by atoms with Crippen LogP contribution >= 0.6 is 0 Å². The lowest BCUT2D eigenvalue weighted by molar-refractivity contribution is -0.0430. The minimum Gasteiger partial charge on any atom is -0.508 e. The first kappa shape index (κ1) is 12.4. The minimum absolute atomic E-state index is 0.291. The summed E-state index contributed by atoms with van der Waals surface area (Å²) in [5, 5.41) is 28.6. The first-order chi connectivity index (χ1) is 8.09. The Kier molecular flexibility index (Phi) is 3.69. The molecule has 1 aromatic rings. The maximum atomic E-state index is 9.99. The highest BCUT2D eigenvalue weighted by Crippen LogP contribution is 2.38. The Bertz CT molecular complexity index is 393. The van der Waals surface area contributed by atoms with Crippen LogP contribution in [0.3, 0.4) is 0 Å². The Hall–Kier alpha value is -1.06. The average molecular weight is 236 g/mol. The average Bonchev–Trinajstić information content (AvgIpc) is 2.29. The number of hydrogen-bond donors (Lipinski definition) is 3. The van der Waals surface area contributed by atoms with Gasteiger partial charge in [-0.25, -0.2) is 0 Å². The van der Waals surface area contributed by atoms with Gasteiger partial charge >= 0.3 is 0 Å². The van der Waals surface area contributed by atoms with Crippen molar-refractivity contribution in [2.24, 2.45) is 0 Å². The second kappa shape index (κ2) is 5.07. The molecule has 3 N–H and O–H groups in total. The second-order valence-electron chi connectivity index (χ2n) is 4.98. The van der Waals surface area contributed by atoms with Gasteiger partial charge < -0.3 is 15.3 Å². The molecule has 1 fully saturated rings. The number of hydrogen-bond acceptors (Lipinski definition) is 3. The van der Waals surface area contributed by atoms with E-state index in [9.17, 15) is 15.3 Å². The third kappa shape index (κ3) is 2.61. The molecular formula is C14H20O3. The van der Waals surface area contributed by atoms with Gasteiger partial charge in [0.2, 0.25) is 0 Å². The molecule has 1 aliphatic rings. The predicted octanol–water partition coefficient (Wildman–Crippen LogP) is 2.73. The predicted molar refractivity (Wildman–Crippen MR) is 65.8 cm³/mol. The number of aryl methyl sites for hydroxylation is 1. The topological polar surface area (TPSA) is 60.7 Å². The maximum Gasteiger partial charge on any atom is 0.178 e. The van der Waals surface area contributed by atoms with Crippen molar-refractivity contribution in [3.63, 3.8) is 0 Å². The number of phenols is 1. The van der Waals surface area contributed by atoms with Crippen molar-refractivity contribution in [2.75, 3.05) is 0 Å². The lowest BCUT2D eigenvalue weighted by atomic mass is 9.82. The summed E-state index contributed by atoms with van der Waals surface area (Å²) >= 11 is 0. The molecular weight excluding hydrogens is 216 g/mol. The SMILES string of the molecule is Cc1cc(O)c(C2CCCCC2)cc1C(O)O. The van der Waals surface area contributed by atoms with E-state index in [1.807, 2.05) is 0 Å². The molecule has 2 rings (SSSR count). The summed E-state index contributed by atoms with van der Waals surface area (Å²) in [7, 11) is 0. The van der Waals surface area contributed by atoms with Gasteiger partial charge in [-0.15, -0.1) is 0 Å². The van der Waals surface area contributed by atoms with Gasteiger partial charge in [0, 0.05) is 5.56 Å². The minimum atomic E-state index is -1.46. The Labute approximate surface area is 102 Å². The first-order valence-electron chi connectivity index (χ1n) is 6.29. The van der Waals surface area contributed by atoms with E-state index in [1.165, 1.54) is 19.3 Å². The quantitative estimate of drug-likeness (QED) is 0.692. The Balaban J connectivity index is 2.35. The van der Waals surface area contributed by atoms with E-state index in [1.54, 1.807) is 19.1 Å². The number of aliphatic hydroxyl groups is 2. The van der Waals surface area contributed by atoms with E-state index < -0.39 is 6.29 Å². The third-order valence-electron chi connectivity index (χ3n) is 3.74.